The predicted octanol–water partition coefficient (Wildman–Crippen LogP) is 1.53. The summed E-state index contributed by atoms with van der Waals surface area (Å²) in [5, 5.41) is 9.01. The predicted molar refractivity (Wildman–Crippen MR) is 71.1 cm³/mol. The number of nitrogens with zero attached hydrogens (tertiary/aromatic N) is 5. The van der Waals surface area contributed by atoms with Gasteiger partial charge in [0, 0.05) is 0 Å². The summed E-state index contributed by atoms with van der Waals surface area (Å²) in [7, 11) is 0. The van der Waals surface area contributed by atoms with Crippen molar-refractivity contribution in [3.05, 3.63) is 41.0 Å². The number of fused-ring (bicyclic) bond motifs is 4. The SMILES string of the molecule is C=CCON1C(=O)N2C[C@H]1c1scnc1[C@H]2c1nnco1. The topological polar surface area (TPSA) is 84.6 Å². The lowest BCUT2D eigenvalue weighted by molar-refractivity contribution is -0.118. The van der Waals surface area contributed by atoms with E-state index in [0.717, 1.165) is 10.6 Å². The lowest BCUT2D eigenvalue weighted by atomic mass is 10.0. The van der Waals surface area contributed by atoms with Crippen molar-refractivity contribution >= 4 is 17.4 Å². The van der Waals surface area contributed by atoms with E-state index in [4.69, 9.17) is 9.25 Å². The Hall–Kier alpha value is -2.26. The van der Waals surface area contributed by atoms with Gasteiger partial charge in [-0.25, -0.2) is 9.78 Å². The molecule has 2 aliphatic rings. The van der Waals surface area contributed by atoms with Gasteiger partial charge in [0.05, 0.1) is 29.2 Å². The van der Waals surface area contributed by atoms with Crippen LogP contribution in [-0.4, -0.2) is 44.3 Å². The van der Waals surface area contributed by atoms with E-state index in [-0.39, 0.29) is 18.7 Å². The fourth-order valence-corrected chi connectivity index (χ4v) is 3.59. The Bertz CT molecular complexity index is 685. The molecule has 4 rings (SSSR count). The van der Waals surface area contributed by atoms with Crippen molar-refractivity contribution in [2.75, 3.05) is 13.2 Å². The number of aromatic nitrogens is 3. The van der Waals surface area contributed by atoms with Crippen LogP contribution in [0.3, 0.4) is 0 Å². The van der Waals surface area contributed by atoms with E-state index >= 15 is 0 Å². The molecule has 2 aromatic heterocycles. The van der Waals surface area contributed by atoms with Gasteiger partial charge in [-0.15, -0.1) is 28.1 Å². The van der Waals surface area contributed by atoms with Crippen LogP contribution in [0.2, 0.25) is 0 Å². The van der Waals surface area contributed by atoms with Crippen molar-refractivity contribution in [2.24, 2.45) is 0 Å². The number of urea groups is 1. The van der Waals surface area contributed by atoms with E-state index in [2.05, 4.69) is 21.8 Å². The molecule has 21 heavy (non-hydrogen) atoms. The minimum atomic E-state index is -0.449. The second-order valence-electron chi connectivity index (χ2n) is 4.64. The zero-order valence-corrected chi connectivity index (χ0v) is 11.7. The van der Waals surface area contributed by atoms with Crippen LogP contribution in [0.5, 0.6) is 0 Å². The lowest BCUT2D eigenvalue weighted by Gasteiger charge is -2.26. The Morgan fingerprint density at radius 2 is 2.52 bits per heavy atom. The first-order chi connectivity index (χ1) is 10.3. The molecule has 2 atom stereocenters. The second-order valence-corrected chi connectivity index (χ2v) is 5.53. The first-order valence-corrected chi connectivity index (χ1v) is 7.22. The van der Waals surface area contributed by atoms with Gasteiger partial charge in [-0.2, -0.15) is 5.06 Å². The minimum absolute atomic E-state index is 0.154. The summed E-state index contributed by atoms with van der Waals surface area (Å²) in [5.74, 6) is 0.361. The summed E-state index contributed by atoms with van der Waals surface area (Å²) < 4.78 is 5.29. The number of hydrogen-bond acceptors (Lipinski definition) is 7. The van der Waals surface area contributed by atoms with Gasteiger partial charge in [0.1, 0.15) is 6.04 Å². The molecule has 0 saturated carbocycles. The quantitative estimate of drug-likeness (QED) is 0.796. The number of carbonyl (C=O) groups is 1. The van der Waals surface area contributed by atoms with Gasteiger partial charge in [0.2, 0.25) is 12.3 Å². The summed E-state index contributed by atoms with van der Waals surface area (Å²) in [5.41, 5.74) is 2.53. The van der Waals surface area contributed by atoms with Crippen molar-refractivity contribution in [3.8, 4) is 0 Å². The molecule has 108 valence electrons. The third-order valence-corrected chi connectivity index (χ3v) is 4.47. The molecular formula is C12H11N5O3S. The van der Waals surface area contributed by atoms with Crippen LogP contribution >= 0.6 is 11.3 Å². The number of thiazole rings is 1. The standard InChI is InChI=1S/C12H11N5O3S/c1-2-3-20-17-7-4-16(12(17)18)9(11-15-14-5-19-11)8-10(7)21-6-13-8/h2,5-7,9H,1,3-4H2/t7-,9-/m0/s1. The van der Waals surface area contributed by atoms with Crippen molar-refractivity contribution < 1.29 is 14.0 Å². The largest absolute Gasteiger partial charge is 0.425 e. The Labute approximate surface area is 123 Å². The van der Waals surface area contributed by atoms with E-state index in [1.54, 1.807) is 16.5 Å². The summed E-state index contributed by atoms with van der Waals surface area (Å²) in [6.07, 6.45) is 2.86. The molecule has 4 heterocycles. The van der Waals surface area contributed by atoms with E-state index in [1.807, 2.05) is 0 Å². The molecule has 2 aromatic rings. The van der Waals surface area contributed by atoms with Crippen molar-refractivity contribution in [2.45, 2.75) is 12.1 Å². The zero-order valence-electron chi connectivity index (χ0n) is 10.9. The number of hydrogen-bond donors (Lipinski definition) is 0. The van der Waals surface area contributed by atoms with E-state index in [9.17, 15) is 4.79 Å². The first-order valence-electron chi connectivity index (χ1n) is 6.34. The van der Waals surface area contributed by atoms with Gasteiger partial charge in [0.25, 0.3) is 0 Å². The van der Waals surface area contributed by atoms with Crippen molar-refractivity contribution in [1.29, 1.82) is 0 Å². The van der Waals surface area contributed by atoms with Crippen molar-refractivity contribution in [3.63, 3.8) is 0 Å². The number of carbonyl (C=O) groups excluding carboxylic acids is 1. The maximum absolute atomic E-state index is 12.5. The van der Waals surface area contributed by atoms with Crippen LogP contribution in [0, 0.1) is 0 Å². The minimum Gasteiger partial charge on any atom is -0.425 e. The average molecular weight is 305 g/mol. The third kappa shape index (κ3) is 1.71. The van der Waals surface area contributed by atoms with Crippen LogP contribution in [0.1, 0.15) is 28.5 Å². The van der Waals surface area contributed by atoms with Crippen LogP contribution in [0.4, 0.5) is 4.79 Å². The van der Waals surface area contributed by atoms with E-state index < -0.39 is 6.04 Å². The van der Waals surface area contributed by atoms with Gasteiger partial charge in [0.15, 0.2) is 6.04 Å². The maximum Gasteiger partial charge on any atom is 0.345 e. The summed E-state index contributed by atoms with van der Waals surface area (Å²) >= 11 is 1.50. The molecule has 1 fully saturated rings. The highest BCUT2D eigenvalue weighted by Crippen LogP contribution is 2.46. The summed E-state index contributed by atoms with van der Waals surface area (Å²) in [6.45, 7) is 4.39. The van der Waals surface area contributed by atoms with E-state index in [0.29, 0.717) is 12.4 Å². The second kappa shape index (κ2) is 4.64. The van der Waals surface area contributed by atoms with Crippen molar-refractivity contribution in [1.82, 2.24) is 25.1 Å². The van der Waals surface area contributed by atoms with Crippen LogP contribution in [0.25, 0.3) is 0 Å². The molecule has 2 bridgehead atoms. The molecule has 0 radical (unpaired) electrons. The smallest absolute Gasteiger partial charge is 0.345 e. The lowest BCUT2D eigenvalue weighted by Crippen LogP contribution is -2.35. The molecular weight excluding hydrogens is 294 g/mol. The van der Waals surface area contributed by atoms with Crippen LogP contribution < -0.4 is 0 Å². The Morgan fingerprint density at radius 1 is 1.62 bits per heavy atom. The van der Waals surface area contributed by atoms with Gasteiger partial charge < -0.3 is 9.32 Å². The molecule has 1 saturated heterocycles. The number of rotatable bonds is 4. The number of hydroxylamine groups is 2. The molecule has 0 aliphatic carbocycles. The van der Waals surface area contributed by atoms with Gasteiger partial charge >= 0.3 is 6.03 Å². The number of amides is 2. The highest BCUT2D eigenvalue weighted by molar-refractivity contribution is 7.09. The van der Waals surface area contributed by atoms with Gasteiger partial charge in [-0.1, -0.05) is 6.08 Å². The maximum atomic E-state index is 12.5. The Balaban J connectivity index is 1.78. The Morgan fingerprint density at radius 3 is 3.29 bits per heavy atom. The Kier molecular flexibility index (Phi) is 2.76. The van der Waals surface area contributed by atoms with E-state index in [1.165, 1.54) is 22.8 Å². The van der Waals surface area contributed by atoms with Gasteiger partial charge in [-0.05, 0) is 0 Å². The zero-order chi connectivity index (χ0) is 14.4. The fraction of sp³-hybridized carbons (Fsp3) is 0.333. The molecule has 0 unspecified atom stereocenters. The summed E-state index contributed by atoms with van der Waals surface area (Å²) in [6, 6.07) is -0.829. The molecule has 9 heteroatoms. The molecule has 0 N–H and O–H groups in total. The van der Waals surface area contributed by atoms with Crippen LogP contribution in [-0.2, 0) is 4.84 Å². The molecule has 2 aliphatic heterocycles. The molecule has 2 amide bonds. The highest BCUT2D eigenvalue weighted by atomic mass is 32.1. The average Bonchev–Trinajstić information content (AvgIpc) is 3.21. The molecule has 8 nitrogen and oxygen atoms in total. The third-order valence-electron chi connectivity index (χ3n) is 3.53. The fourth-order valence-electron chi connectivity index (χ4n) is 2.70. The first kappa shape index (κ1) is 12.5. The molecule has 0 spiro atoms. The normalized spacial score (nSPS) is 23.5. The highest BCUT2D eigenvalue weighted by Gasteiger charge is 2.52. The monoisotopic (exact) mass is 305 g/mol. The van der Waals surface area contributed by atoms with Crippen LogP contribution in [0.15, 0.2) is 29.0 Å². The molecule has 0 aromatic carbocycles. The summed E-state index contributed by atoms with van der Waals surface area (Å²) in [4.78, 5) is 25.1. The van der Waals surface area contributed by atoms with Gasteiger partial charge in [-0.3, -0.25) is 4.84 Å².